The lowest BCUT2D eigenvalue weighted by Crippen LogP contribution is -2.01. The van der Waals surface area contributed by atoms with Crippen LogP contribution in [0.25, 0.3) is 0 Å². The molecule has 0 amide bonds. The highest BCUT2D eigenvalue weighted by atomic mass is 79.9. The van der Waals surface area contributed by atoms with Gasteiger partial charge in [-0.15, -0.1) is 0 Å². The van der Waals surface area contributed by atoms with E-state index in [2.05, 4.69) is 20.9 Å². The van der Waals surface area contributed by atoms with Crippen molar-refractivity contribution < 1.29 is 24.5 Å². The lowest BCUT2D eigenvalue weighted by Gasteiger charge is -2.05. The van der Waals surface area contributed by atoms with Gasteiger partial charge in [0.05, 0.1) is 23.9 Å². The van der Waals surface area contributed by atoms with Crippen LogP contribution in [0.4, 0.5) is 5.69 Å². The highest BCUT2D eigenvalue weighted by Gasteiger charge is 2.11. The maximum absolute atomic E-state index is 11.1. The molecular weight excluding hydrogens is 366 g/mol. The van der Waals surface area contributed by atoms with Gasteiger partial charge in [-0.1, -0.05) is 15.9 Å². The van der Waals surface area contributed by atoms with E-state index in [1.165, 1.54) is 25.5 Å². The van der Waals surface area contributed by atoms with Crippen molar-refractivity contribution in [2.75, 3.05) is 7.11 Å². The average Bonchev–Trinajstić information content (AvgIpc) is 2.52. The lowest BCUT2D eigenvalue weighted by atomic mass is 10.1. The number of hydrogen-bond acceptors (Lipinski definition) is 4. The summed E-state index contributed by atoms with van der Waals surface area (Å²) in [6.45, 7) is 0. The minimum atomic E-state index is -1.22. The molecule has 2 aromatic rings. The van der Waals surface area contributed by atoms with Gasteiger partial charge >= 0.3 is 11.9 Å². The molecule has 7 heteroatoms. The molecule has 6 nitrogen and oxygen atoms in total. The Bertz CT molecular complexity index is 769. The van der Waals surface area contributed by atoms with Gasteiger partial charge in [-0.2, -0.15) is 0 Å². The highest BCUT2D eigenvalue weighted by Crippen LogP contribution is 2.23. The molecule has 23 heavy (non-hydrogen) atoms. The van der Waals surface area contributed by atoms with Crippen LogP contribution in [0, 0.1) is 0 Å². The summed E-state index contributed by atoms with van der Waals surface area (Å²) in [5.41, 5.74) is 0.611. The lowest BCUT2D eigenvalue weighted by molar-refractivity contribution is 0.0696. The van der Waals surface area contributed by atoms with Crippen LogP contribution >= 0.6 is 15.9 Å². The average molecular weight is 378 g/mol. The van der Waals surface area contributed by atoms with E-state index in [-0.39, 0.29) is 16.8 Å². The number of rotatable bonds is 5. The fourth-order valence-corrected chi connectivity index (χ4v) is 2.26. The molecule has 0 aliphatic carbocycles. The van der Waals surface area contributed by atoms with E-state index in [9.17, 15) is 9.59 Å². The van der Waals surface area contributed by atoms with Crippen molar-refractivity contribution in [1.29, 1.82) is 0 Å². The Kier molecular flexibility index (Phi) is 5.13. The molecule has 0 heterocycles. The summed E-state index contributed by atoms with van der Waals surface area (Å²) in [5, 5.41) is 18.1. The first-order chi connectivity index (χ1) is 10.9. The van der Waals surface area contributed by atoms with Gasteiger partial charge in [-0.25, -0.2) is 9.59 Å². The number of methoxy groups -OCH3 is 1. The van der Waals surface area contributed by atoms with Crippen LogP contribution in [0.1, 0.15) is 26.3 Å². The van der Waals surface area contributed by atoms with Crippen LogP contribution in [0.2, 0.25) is 0 Å². The summed E-state index contributed by atoms with van der Waals surface area (Å²) in [6, 6.07) is 9.03. The third kappa shape index (κ3) is 4.17. The third-order valence-electron chi connectivity index (χ3n) is 2.96. The number of halogens is 1. The van der Waals surface area contributed by atoms with Crippen molar-refractivity contribution in [3.63, 3.8) is 0 Å². The Balaban J connectivity index is 2.45. The molecule has 0 unspecified atom stereocenters. The van der Waals surface area contributed by atoms with Crippen LogP contribution in [0.15, 0.2) is 45.9 Å². The molecule has 0 fully saturated rings. The molecular formula is C16H12BrNO5. The number of ether oxygens (including phenoxy) is 1. The molecule has 0 aliphatic heterocycles. The molecule has 2 aromatic carbocycles. The minimum absolute atomic E-state index is 0.141. The van der Waals surface area contributed by atoms with Crippen molar-refractivity contribution in [3.05, 3.63) is 57.6 Å². The van der Waals surface area contributed by atoms with Gasteiger partial charge in [0.2, 0.25) is 0 Å². The monoisotopic (exact) mass is 377 g/mol. The van der Waals surface area contributed by atoms with Crippen molar-refractivity contribution in [2.24, 2.45) is 4.99 Å². The van der Waals surface area contributed by atoms with Crippen molar-refractivity contribution in [2.45, 2.75) is 0 Å². The summed E-state index contributed by atoms with van der Waals surface area (Å²) in [5.74, 6) is -1.85. The molecule has 0 atom stereocenters. The second kappa shape index (κ2) is 7.06. The van der Waals surface area contributed by atoms with Gasteiger partial charge in [0.15, 0.2) is 0 Å². The van der Waals surface area contributed by atoms with Gasteiger partial charge in [0, 0.05) is 16.3 Å². The van der Waals surface area contributed by atoms with Crippen molar-refractivity contribution in [3.8, 4) is 5.75 Å². The number of carbonyl (C=O) groups is 2. The van der Waals surface area contributed by atoms with E-state index in [0.717, 1.165) is 10.5 Å². The molecule has 2 rings (SSSR count). The van der Waals surface area contributed by atoms with E-state index in [0.29, 0.717) is 11.3 Å². The highest BCUT2D eigenvalue weighted by molar-refractivity contribution is 9.10. The molecule has 0 aromatic heterocycles. The summed E-state index contributed by atoms with van der Waals surface area (Å²) < 4.78 is 6.04. The summed E-state index contributed by atoms with van der Waals surface area (Å²) in [7, 11) is 1.52. The largest absolute Gasteiger partial charge is 0.496 e. The summed E-state index contributed by atoms with van der Waals surface area (Å²) >= 11 is 3.34. The number of hydrogen-bond donors (Lipinski definition) is 2. The molecule has 2 N–H and O–H groups in total. The number of nitrogens with zero attached hydrogens (tertiary/aromatic N) is 1. The Morgan fingerprint density at radius 2 is 1.70 bits per heavy atom. The van der Waals surface area contributed by atoms with Crippen LogP contribution in [0.5, 0.6) is 5.75 Å². The maximum atomic E-state index is 11.1. The van der Waals surface area contributed by atoms with E-state index >= 15 is 0 Å². The molecule has 0 aliphatic rings. The first-order valence-electron chi connectivity index (χ1n) is 6.40. The Morgan fingerprint density at radius 1 is 1.09 bits per heavy atom. The number of carboxylic acids is 2. The second-order valence-corrected chi connectivity index (χ2v) is 5.44. The zero-order valence-corrected chi connectivity index (χ0v) is 13.6. The quantitative estimate of drug-likeness (QED) is 0.775. The van der Waals surface area contributed by atoms with Crippen LogP contribution in [-0.2, 0) is 0 Å². The fraction of sp³-hybridized carbons (Fsp3) is 0.0625. The van der Waals surface area contributed by atoms with Crippen LogP contribution in [0.3, 0.4) is 0 Å². The van der Waals surface area contributed by atoms with Gasteiger partial charge < -0.3 is 14.9 Å². The maximum Gasteiger partial charge on any atom is 0.335 e. The zero-order valence-electron chi connectivity index (χ0n) is 12.0. The van der Waals surface area contributed by atoms with Crippen LogP contribution < -0.4 is 4.74 Å². The number of aliphatic imine (C=N–C) groups is 1. The molecule has 0 saturated heterocycles. The predicted octanol–water partition coefficient (Wildman–Crippen LogP) is 3.60. The van der Waals surface area contributed by atoms with Crippen molar-refractivity contribution >= 4 is 39.8 Å². The van der Waals surface area contributed by atoms with E-state index in [1.54, 1.807) is 12.1 Å². The topological polar surface area (TPSA) is 96.2 Å². The van der Waals surface area contributed by atoms with E-state index < -0.39 is 11.9 Å². The molecule has 118 valence electrons. The predicted molar refractivity (Wildman–Crippen MR) is 88.3 cm³/mol. The number of aromatic carboxylic acids is 2. The van der Waals surface area contributed by atoms with E-state index in [1.807, 2.05) is 6.07 Å². The Hall–Kier alpha value is -2.67. The number of benzene rings is 2. The Labute approximate surface area is 140 Å². The SMILES string of the molecule is COc1ccc(Br)cc1C=Nc1cc(C(=O)O)cc(C(=O)O)c1. The number of carboxylic acid groups (broad SMARTS) is 2. The third-order valence-corrected chi connectivity index (χ3v) is 3.45. The molecule has 0 bridgehead atoms. The van der Waals surface area contributed by atoms with Gasteiger partial charge in [0.1, 0.15) is 5.75 Å². The normalized spacial score (nSPS) is 10.7. The van der Waals surface area contributed by atoms with Crippen LogP contribution in [-0.4, -0.2) is 35.5 Å². The molecule has 0 spiro atoms. The smallest absolute Gasteiger partial charge is 0.335 e. The van der Waals surface area contributed by atoms with Gasteiger partial charge in [0.25, 0.3) is 0 Å². The molecule has 0 radical (unpaired) electrons. The van der Waals surface area contributed by atoms with Gasteiger partial charge in [-0.3, -0.25) is 4.99 Å². The standard InChI is InChI=1S/C16H12BrNO5/c1-23-14-3-2-12(17)5-11(14)8-18-13-6-9(15(19)20)4-10(7-13)16(21)22/h2-8H,1H3,(H,19,20)(H,21,22). The second-order valence-electron chi connectivity index (χ2n) is 4.52. The Morgan fingerprint density at radius 3 is 2.22 bits per heavy atom. The fourth-order valence-electron chi connectivity index (χ4n) is 1.88. The first-order valence-corrected chi connectivity index (χ1v) is 7.19. The summed E-state index contributed by atoms with van der Waals surface area (Å²) in [4.78, 5) is 26.3. The molecule has 0 saturated carbocycles. The summed E-state index contributed by atoms with van der Waals surface area (Å²) in [6.07, 6.45) is 1.48. The van der Waals surface area contributed by atoms with Crippen molar-refractivity contribution in [1.82, 2.24) is 0 Å². The first kappa shape index (κ1) is 16.7. The minimum Gasteiger partial charge on any atom is -0.496 e. The van der Waals surface area contributed by atoms with E-state index in [4.69, 9.17) is 14.9 Å². The zero-order chi connectivity index (χ0) is 17.0. The van der Waals surface area contributed by atoms with Gasteiger partial charge in [-0.05, 0) is 36.4 Å².